The van der Waals surface area contributed by atoms with Gasteiger partial charge in [-0.05, 0) is 38.3 Å². The van der Waals surface area contributed by atoms with E-state index in [0.717, 1.165) is 22.5 Å². The molecule has 0 aromatic carbocycles. The van der Waals surface area contributed by atoms with Crippen LogP contribution in [0.2, 0.25) is 0 Å². The lowest BCUT2D eigenvalue weighted by Gasteiger charge is -2.26. The molecule has 2 heterocycles. The van der Waals surface area contributed by atoms with Crippen LogP contribution in [0.25, 0.3) is 10.2 Å². The van der Waals surface area contributed by atoms with Gasteiger partial charge in [-0.1, -0.05) is 0 Å². The smallest absolute Gasteiger partial charge is 0.147 e. The van der Waals surface area contributed by atoms with Crippen molar-refractivity contribution in [1.82, 2.24) is 9.97 Å². The molecule has 3 N–H and O–H groups in total. The molecule has 0 unspecified atom stereocenters. The van der Waals surface area contributed by atoms with Crippen molar-refractivity contribution in [2.24, 2.45) is 5.73 Å². The van der Waals surface area contributed by atoms with Gasteiger partial charge in [-0.25, -0.2) is 9.97 Å². The van der Waals surface area contributed by atoms with Gasteiger partial charge in [0.15, 0.2) is 0 Å². The number of hydrogen-bond donors (Lipinski definition) is 2. The minimum absolute atomic E-state index is 0.0416. The van der Waals surface area contributed by atoms with Crippen LogP contribution in [0.1, 0.15) is 20.3 Å². The summed E-state index contributed by atoms with van der Waals surface area (Å²) < 4.78 is 1.10. The SMILES string of the molecule is CC(C)(CCN)Nc1ncnc2ccsc12. The molecule has 0 bridgehead atoms. The second-order valence-electron chi connectivity index (χ2n) is 4.40. The first-order valence-corrected chi connectivity index (χ1v) is 6.17. The molecule has 0 spiro atoms. The second kappa shape index (κ2) is 4.35. The van der Waals surface area contributed by atoms with Crippen LogP contribution in [0, 0.1) is 0 Å². The van der Waals surface area contributed by atoms with E-state index in [4.69, 9.17) is 5.73 Å². The zero-order valence-electron chi connectivity index (χ0n) is 9.53. The predicted octanol–water partition coefficient (Wildman–Crippen LogP) is 2.23. The highest BCUT2D eigenvalue weighted by Gasteiger charge is 2.18. The third-order valence-electron chi connectivity index (χ3n) is 2.47. The second-order valence-corrected chi connectivity index (χ2v) is 5.32. The van der Waals surface area contributed by atoms with E-state index >= 15 is 0 Å². The van der Waals surface area contributed by atoms with Gasteiger partial charge in [0, 0.05) is 5.54 Å². The molecule has 5 heteroatoms. The van der Waals surface area contributed by atoms with E-state index in [9.17, 15) is 0 Å². The lowest BCUT2D eigenvalue weighted by molar-refractivity contribution is 0.525. The van der Waals surface area contributed by atoms with Crippen LogP contribution < -0.4 is 11.1 Å². The number of hydrogen-bond acceptors (Lipinski definition) is 5. The first-order valence-electron chi connectivity index (χ1n) is 5.29. The normalized spacial score (nSPS) is 11.9. The van der Waals surface area contributed by atoms with E-state index in [-0.39, 0.29) is 5.54 Å². The highest BCUT2D eigenvalue weighted by molar-refractivity contribution is 7.17. The van der Waals surface area contributed by atoms with Gasteiger partial charge >= 0.3 is 0 Å². The summed E-state index contributed by atoms with van der Waals surface area (Å²) >= 11 is 1.65. The van der Waals surface area contributed by atoms with E-state index < -0.39 is 0 Å². The van der Waals surface area contributed by atoms with Crippen LogP contribution in [0.15, 0.2) is 17.8 Å². The van der Waals surface area contributed by atoms with E-state index in [2.05, 4.69) is 29.1 Å². The molecule has 0 saturated heterocycles. The molecule has 0 saturated carbocycles. The molecule has 0 aliphatic heterocycles. The highest BCUT2D eigenvalue weighted by Crippen LogP contribution is 2.27. The van der Waals surface area contributed by atoms with Gasteiger partial charge in [0.25, 0.3) is 0 Å². The molecule has 2 rings (SSSR count). The fraction of sp³-hybridized carbons (Fsp3) is 0.455. The molecule has 0 fully saturated rings. The van der Waals surface area contributed by atoms with Crippen LogP contribution in [0.4, 0.5) is 5.82 Å². The largest absolute Gasteiger partial charge is 0.364 e. The first kappa shape index (κ1) is 11.3. The lowest BCUT2D eigenvalue weighted by atomic mass is 10.0. The fourth-order valence-electron chi connectivity index (χ4n) is 1.62. The third kappa shape index (κ3) is 2.31. The number of nitrogens with zero attached hydrogens (tertiary/aromatic N) is 2. The van der Waals surface area contributed by atoms with Gasteiger partial charge in [-0.3, -0.25) is 0 Å². The Labute approximate surface area is 98.9 Å². The monoisotopic (exact) mass is 236 g/mol. The number of nitrogens with one attached hydrogen (secondary N) is 1. The predicted molar refractivity (Wildman–Crippen MR) is 68.8 cm³/mol. The Hall–Kier alpha value is -1.20. The summed E-state index contributed by atoms with van der Waals surface area (Å²) in [6, 6.07) is 2.00. The van der Waals surface area contributed by atoms with E-state index in [0.29, 0.717) is 6.54 Å². The molecular formula is C11H16N4S. The maximum Gasteiger partial charge on any atom is 0.147 e. The number of rotatable bonds is 4. The summed E-state index contributed by atoms with van der Waals surface area (Å²) in [5, 5.41) is 5.46. The summed E-state index contributed by atoms with van der Waals surface area (Å²) in [4.78, 5) is 8.51. The van der Waals surface area contributed by atoms with Gasteiger partial charge in [-0.2, -0.15) is 0 Å². The number of thiophene rings is 1. The van der Waals surface area contributed by atoms with Gasteiger partial charge in [0.1, 0.15) is 12.1 Å². The van der Waals surface area contributed by atoms with Crippen molar-refractivity contribution in [1.29, 1.82) is 0 Å². The van der Waals surface area contributed by atoms with Crippen LogP contribution in [-0.2, 0) is 0 Å². The van der Waals surface area contributed by atoms with Crippen LogP contribution in [0.5, 0.6) is 0 Å². The number of anilines is 1. The van der Waals surface area contributed by atoms with E-state index in [1.54, 1.807) is 17.7 Å². The Kier molecular flexibility index (Phi) is 3.07. The first-order chi connectivity index (χ1) is 7.62. The number of nitrogens with two attached hydrogens (primary N) is 1. The summed E-state index contributed by atoms with van der Waals surface area (Å²) in [6.07, 6.45) is 2.50. The Morgan fingerprint density at radius 3 is 3.00 bits per heavy atom. The van der Waals surface area contributed by atoms with Crippen LogP contribution in [-0.4, -0.2) is 22.1 Å². The summed E-state index contributed by atoms with van der Waals surface area (Å²) in [6.45, 7) is 4.92. The average molecular weight is 236 g/mol. The summed E-state index contributed by atoms with van der Waals surface area (Å²) in [7, 11) is 0. The topological polar surface area (TPSA) is 63.8 Å². The van der Waals surface area contributed by atoms with Gasteiger partial charge in [-0.15, -0.1) is 11.3 Å². The lowest BCUT2D eigenvalue weighted by Crippen LogP contribution is -2.33. The van der Waals surface area contributed by atoms with E-state index in [1.165, 1.54) is 0 Å². The quantitative estimate of drug-likeness (QED) is 0.854. The average Bonchev–Trinajstić information content (AvgIpc) is 2.65. The Bertz CT molecular complexity index is 478. The van der Waals surface area contributed by atoms with Crippen molar-refractivity contribution in [3.05, 3.63) is 17.8 Å². The molecule has 0 aliphatic carbocycles. The van der Waals surface area contributed by atoms with Crippen molar-refractivity contribution in [2.45, 2.75) is 25.8 Å². The van der Waals surface area contributed by atoms with Gasteiger partial charge in [0.05, 0.1) is 10.2 Å². The van der Waals surface area contributed by atoms with Crippen molar-refractivity contribution < 1.29 is 0 Å². The van der Waals surface area contributed by atoms with Crippen molar-refractivity contribution >= 4 is 27.4 Å². The molecule has 16 heavy (non-hydrogen) atoms. The van der Waals surface area contributed by atoms with Crippen molar-refractivity contribution in [3.8, 4) is 0 Å². The fourth-order valence-corrected chi connectivity index (χ4v) is 2.41. The van der Waals surface area contributed by atoms with Gasteiger partial charge < -0.3 is 11.1 Å². The molecule has 0 aliphatic rings. The molecule has 86 valence electrons. The molecule has 0 radical (unpaired) electrons. The minimum Gasteiger partial charge on any atom is -0.364 e. The third-order valence-corrected chi connectivity index (χ3v) is 3.38. The zero-order chi connectivity index (χ0) is 11.6. The maximum absolute atomic E-state index is 5.59. The summed E-state index contributed by atoms with van der Waals surface area (Å²) in [5.74, 6) is 0.901. The zero-order valence-corrected chi connectivity index (χ0v) is 10.3. The Morgan fingerprint density at radius 2 is 2.25 bits per heavy atom. The molecule has 0 amide bonds. The standard InChI is InChI=1S/C11H16N4S/c1-11(2,4-5-12)15-10-9-8(3-6-16-9)13-7-14-10/h3,6-7H,4-5,12H2,1-2H3,(H,13,14,15). The number of fused-ring (bicyclic) bond motifs is 1. The number of aromatic nitrogens is 2. The van der Waals surface area contributed by atoms with Crippen LogP contribution >= 0.6 is 11.3 Å². The van der Waals surface area contributed by atoms with Gasteiger partial charge in [0.2, 0.25) is 0 Å². The molecular weight excluding hydrogens is 220 g/mol. The molecule has 2 aromatic rings. The Balaban J connectivity index is 2.30. The summed E-state index contributed by atoms with van der Waals surface area (Å²) in [5.41, 5.74) is 6.54. The highest BCUT2D eigenvalue weighted by atomic mass is 32.1. The molecule has 2 aromatic heterocycles. The van der Waals surface area contributed by atoms with Crippen molar-refractivity contribution in [3.63, 3.8) is 0 Å². The van der Waals surface area contributed by atoms with E-state index in [1.807, 2.05) is 11.4 Å². The molecule has 4 nitrogen and oxygen atoms in total. The maximum atomic E-state index is 5.59. The van der Waals surface area contributed by atoms with Crippen LogP contribution in [0.3, 0.4) is 0 Å². The Morgan fingerprint density at radius 1 is 1.44 bits per heavy atom. The minimum atomic E-state index is -0.0416. The molecule has 0 atom stereocenters. The van der Waals surface area contributed by atoms with Crippen molar-refractivity contribution in [2.75, 3.05) is 11.9 Å².